The smallest absolute Gasteiger partial charge is 0.0483 e. The average Bonchev–Trinajstić information content (AvgIpc) is 2.72. The van der Waals surface area contributed by atoms with Crippen molar-refractivity contribution in [3.63, 3.8) is 0 Å². The topological polar surface area (TPSA) is 17.0 Å². The first-order valence-electron chi connectivity index (χ1n) is 6.93. The zero-order valence-corrected chi connectivity index (χ0v) is 11.7. The lowest BCUT2D eigenvalue weighted by atomic mass is 10.1. The standard InChI is InChI=1S/C16H24N2/c1-13(2)9-11-18-12-14(8-10-17-3)15-6-4-5-7-16(15)18/h4-7,12-13,17H,8-11H2,1-3H3. The van der Waals surface area contributed by atoms with Gasteiger partial charge < -0.3 is 9.88 Å². The van der Waals surface area contributed by atoms with Gasteiger partial charge in [0.2, 0.25) is 0 Å². The third-order valence-electron chi connectivity index (χ3n) is 3.46. The number of aromatic nitrogens is 1. The van der Waals surface area contributed by atoms with Crippen LogP contribution in [0.1, 0.15) is 25.8 Å². The molecule has 2 aromatic rings. The molecule has 1 heterocycles. The van der Waals surface area contributed by atoms with Crippen LogP contribution in [0, 0.1) is 5.92 Å². The molecule has 2 rings (SSSR count). The fourth-order valence-corrected chi connectivity index (χ4v) is 2.36. The van der Waals surface area contributed by atoms with Crippen molar-refractivity contribution in [2.75, 3.05) is 13.6 Å². The second-order valence-electron chi connectivity index (χ2n) is 5.40. The molecule has 0 bridgehead atoms. The van der Waals surface area contributed by atoms with Crippen molar-refractivity contribution in [2.24, 2.45) is 5.92 Å². The lowest BCUT2D eigenvalue weighted by Gasteiger charge is -2.07. The summed E-state index contributed by atoms with van der Waals surface area (Å²) >= 11 is 0. The van der Waals surface area contributed by atoms with Crippen LogP contribution in [0.5, 0.6) is 0 Å². The van der Waals surface area contributed by atoms with Gasteiger partial charge in [0.15, 0.2) is 0 Å². The Bertz CT molecular complexity index is 497. The van der Waals surface area contributed by atoms with E-state index in [2.05, 4.69) is 54.2 Å². The Morgan fingerprint density at radius 1 is 1.22 bits per heavy atom. The molecule has 0 aliphatic rings. The molecular weight excluding hydrogens is 220 g/mol. The van der Waals surface area contributed by atoms with Gasteiger partial charge in [0, 0.05) is 23.6 Å². The van der Waals surface area contributed by atoms with Gasteiger partial charge in [0.05, 0.1) is 0 Å². The van der Waals surface area contributed by atoms with Crippen molar-refractivity contribution in [3.05, 3.63) is 36.0 Å². The first-order valence-corrected chi connectivity index (χ1v) is 6.93. The monoisotopic (exact) mass is 244 g/mol. The normalized spacial score (nSPS) is 11.6. The lowest BCUT2D eigenvalue weighted by Crippen LogP contribution is -2.10. The zero-order valence-electron chi connectivity index (χ0n) is 11.7. The zero-order chi connectivity index (χ0) is 13.0. The lowest BCUT2D eigenvalue weighted by molar-refractivity contribution is 0.524. The molecule has 0 saturated heterocycles. The molecule has 2 heteroatoms. The van der Waals surface area contributed by atoms with Gasteiger partial charge in [0.25, 0.3) is 0 Å². The minimum absolute atomic E-state index is 0.756. The molecule has 98 valence electrons. The molecular formula is C16H24N2. The second kappa shape index (κ2) is 6.05. The van der Waals surface area contributed by atoms with E-state index in [0.717, 1.165) is 25.4 Å². The van der Waals surface area contributed by atoms with E-state index in [9.17, 15) is 0 Å². The third kappa shape index (κ3) is 2.94. The molecule has 1 aromatic heterocycles. The van der Waals surface area contributed by atoms with Crippen molar-refractivity contribution < 1.29 is 0 Å². The minimum Gasteiger partial charge on any atom is -0.347 e. The fraction of sp³-hybridized carbons (Fsp3) is 0.500. The number of likely N-dealkylation sites (N-methyl/N-ethyl adjacent to an activating group) is 1. The molecule has 2 nitrogen and oxygen atoms in total. The predicted molar refractivity (Wildman–Crippen MR) is 79.0 cm³/mol. The first-order chi connectivity index (χ1) is 8.72. The van der Waals surface area contributed by atoms with Gasteiger partial charge in [-0.2, -0.15) is 0 Å². The summed E-state index contributed by atoms with van der Waals surface area (Å²) in [5.74, 6) is 0.756. The van der Waals surface area contributed by atoms with Crippen molar-refractivity contribution in [3.8, 4) is 0 Å². The number of benzene rings is 1. The SMILES string of the molecule is CNCCc1cn(CCC(C)C)c2ccccc12. The summed E-state index contributed by atoms with van der Waals surface area (Å²) in [5.41, 5.74) is 2.84. The van der Waals surface area contributed by atoms with E-state index in [4.69, 9.17) is 0 Å². The number of rotatable bonds is 6. The van der Waals surface area contributed by atoms with Crippen molar-refractivity contribution in [1.82, 2.24) is 9.88 Å². The van der Waals surface area contributed by atoms with Crippen molar-refractivity contribution in [1.29, 1.82) is 0 Å². The van der Waals surface area contributed by atoms with Gasteiger partial charge >= 0.3 is 0 Å². The van der Waals surface area contributed by atoms with Crippen molar-refractivity contribution in [2.45, 2.75) is 33.2 Å². The van der Waals surface area contributed by atoms with Crippen LogP contribution in [-0.2, 0) is 13.0 Å². The van der Waals surface area contributed by atoms with Gasteiger partial charge in [-0.3, -0.25) is 0 Å². The van der Waals surface area contributed by atoms with E-state index < -0.39 is 0 Å². The summed E-state index contributed by atoms with van der Waals surface area (Å²) < 4.78 is 2.42. The summed E-state index contributed by atoms with van der Waals surface area (Å²) in [6.07, 6.45) is 4.68. The molecule has 0 radical (unpaired) electrons. The van der Waals surface area contributed by atoms with Crippen LogP contribution in [0.4, 0.5) is 0 Å². The van der Waals surface area contributed by atoms with E-state index in [1.165, 1.54) is 22.9 Å². The summed E-state index contributed by atoms with van der Waals surface area (Å²) in [7, 11) is 2.01. The van der Waals surface area contributed by atoms with Gasteiger partial charge in [0.1, 0.15) is 0 Å². The predicted octanol–water partition coefficient (Wildman–Crippen LogP) is 3.45. The van der Waals surface area contributed by atoms with Crippen LogP contribution in [0.25, 0.3) is 10.9 Å². The highest BCUT2D eigenvalue weighted by Gasteiger charge is 2.07. The Balaban J connectivity index is 2.28. The molecule has 0 unspecified atom stereocenters. The number of nitrogens with one attached hydrogen (secondary N) is 1. The highest BCUT2D eigenvalue weighted by Crippen LogP contribution is 2.22. The molecule has 0 fully saturated rings. The Kier molecular flexibility index (Phi) is 4.43. The van der Waals surface area contributed by atoms with E-state index in [0.29, 0.717) is 0 Å². The molecule has 1 N–H and O–H groups in total. The molecule has 0 saturated carbocycles. The Labute approximate surface area is 110 Å². The molecule has 18 heavy (non-hydrogen) atoms. The number of fused-ring (bicyclic) bond motifs is 1. The van der Waals surface area contributed by atoms with Gasteiger partial charge in [-0.15, -0.1) is 0 Å². The van der Waals surface area contributed by atoms with Crippen LogP contribution in [0.2, 0.25) is 0 Å². The maximum absolute atomic E-state index is 3.23. The molecule has 0 aliphatic carbocycles. The largest absolute Gasteiger partial charge is 0.347 e. The number of hydrogen-bond acceptors (Lipinski definition) is 1. The van der Waals surface area contributed by atoms with E-state index in [-0.39, 0.29) is 0 Å². The number of aryl methyl sites for hydroxylation is 1. The Morgan fingerprint density at radius 3 is 2.72 bits per heavy atom. The minimum atomic E-state index is 0.756. The van der Waals surface area contributed by atoms with Crippen molar-refractivity contribution >= 4 is 10.9 Å². The van der Waals surface area contributed by atoms with E-state index >= 15 is 0 Å². The quantitative estimate of drug-likeness (QED) is 0.823. The van der Waals surface area contributed by atoms with E-state index in [1.54, 1.807) is 0 Å². The molecule has 0 spiro atoms. The Morgan fingerprint density at radius 2 is 2.00 bits per heavy atom. The fourth-order valence-electron chi connectivity index (χ4n) is 2.36. The van der Waals surface area contributed by atoms with Gasteiger partial charge in [-0.25, -0.2) is 0 Å². The third-order valence-corrected chi connectivity index (χ3v) is 3.46. The highest BCUT2D eigenvalue weighted by molar-refractivity contribution is 5.84. The van der Waals surface area contributed by atoms with Crippen LogP contribution in [-0.4, -0.2) is 18.2 Å². The number of nitrogens with zero attached hydrogens (tertiary/aromatic N) is 1. The maximum atomic E-state index is 3.23. The maximum Gasteiger partial charge on any atom is 0.0483 e. The van der Waals surface area contributed by atoms with Crippen LogP contribution in [0.3, 0.4) is 0 Å². The summed E-state index contributed by atoms with van der Waals surface area (Å²) in [6.45, 7) is 6.73. The molecule has 0 amide bonds. The number of para-hydroxylation sites is 1. The second-order valence-corrected chi connectivity index (χ2v) is 5.40. The first kappa shape index (κ1) is 13.2. The molecule has 0 atom stereocenters. The molecule has 1 aromatic carbocycles. The van der Waals surface area contributed by atoms with E-state index in [1.807, 2.05) is 7.05 Å². The number of hydrogen-bond donors (Lipinski definition) is 1. The summed E-state index contributed by atoms with van der Waals surface area (Å²) in [4.78, 5) is 0. The van der Waals surface area contributed by atoms with Crippen LogP contribution < -0.4 is 5.32 Å². The highest BCUT2D eigenvalue weighted by atomic mass is 15.0. The summed E-state index contributed by atoms with van der Waals surface area (Å²) in [5, 5.41) is 4.64. The van der Waals surface area contributed by atoms with Crippen LogP contribution >= 0.6 is 0 Å². The van der Waals surface area contributed by atoms with Gasteiger partial charge in [-0.1, -0.05) is 32.0 Å². The molecule has 0 aliphatic heterocycles. The summed E-state index contributed by atoms with van der Waals surface area (Å²) in [6, 6.07) is 8.75. The Hall–Kier alpha value is -1.28. The average molecular weight is 244 g/mol. The van der Waals surface area contributed by atoms with Crippen LogP contribution in [0.15, 0.2) is 30.5 Å². The van der Waals surface area contributed by atoms with Gasteiger partial charge in [-0.05, 0) is 44.0 Å².